The zero-order chi connectivity index (χ0) is 14.0. The number of nitrogens with zero attached hydrogens (tertiary/aromatic N) is 1. The van der Waals surface area contributed by atoms with Gasteiger partial charge in [-0.3, -0.25) is 4.79 Å². The van der Waals surface area contributed by atoms with Crippen molar-refractivity contribution in [1.29, 1.82) is 0 Å². The minimum Gasteiger partial charge on any atom is -0.385 e. The lowest BCUT2D eigenvalue weighted by atomic mass is 10.2. The number of amides is 1. The number of carbonyl (C=O) groups is 1. The van der Waals surface area contributed by atoms with Crippen LogP contribution in [0.1, 0.15) is 10.4 Å². The maximum Gasteiger partial charge on any atom is 0.265 e. The van der Waals surface area contributed by atoms with Crippen LogP contribution < -0.4 is 11.1 Å². The van der Waals surface area contributed by atoms with Crippen molar-refractivity contribution >= 4 is 32.6 Å². The Morgan fingerprint density at radius 1 is 1.53 bits per heavy atom. The summed E-state index contributed by atoms with van der Waals surface area (Å²) in [4.78, 5) is 15.7. The second-order valence-corrected chi connectivity index (χ2v) is 4.91. The first-order valence-corrected chi connectivity index (χ1v) is 6.19. The van der Waals surface area contributed by atoms with Crippen molar-refractivity contribution in [3.63, 3.8) is 0 Å². The van der Waals surface area contributed by atoms with Crippen LogP contribution in [0.5, 0.6) is 0 Å². The van der Waals surface area contributed by atoms with Crippen molar-refractivity contribution in [3.05, 3.63) is 23.8 Å². The Morgan fingerprint density at radius 3 is 2.95 bits per heavy atom. The predicted octanol–water partition coefficient (Wildman–Crippen LogP) is 1.23. The van der Waals surface area contributed by atoms with Gasteiger partial charge in [-0.2, -0.15) is 0 Å². The number of alkyl halides is 2. The van der Waals surface area contributed by atoms with Gasteiger partial charge in [0.15, 0.2) is 5.13 Å². The average molecular weight is 287 g/mol. The summed E-state index contributed by atoms with van der Waals surface area (Å²) in [6.07, 6.45) is -4.75. The Kier molecular flexibility index (Phi) is 3.91. The van der Waals surface area contributed by atoms with Crippen LogP contribution in [0, 0.1) is 0 Å². The molecule has 102 valence electrons. The predicted molar refractivity (Wildman–Crippen MR) is 68.4 cm³/mol. The molecule has 2 rings (SSSR count). The molecule has 8 heteroatoms. The van der Waals surface area contributed by atoms with Crippen LogP contribution in [-0.2, 0) is 0 Å². The van der Waals surface area contributed by atoms with Crippen LogP contribution in [0.2, 0.25) is 0 Å². The van der Waals surface area contributed by atoms with E-state index in [4.69, 9.17) is 10.8 Å². The minimum atomic E-state index is -2.89. The number of rotatable bonds is 4. The van der Waals surface area contributed by atoms with Gasteiger partial charge in [0.25, 0.3) is 12.3 Å². The standard InChI is InChI=1S/C11H11F2N3O2S/c12-9(13)7(17)4-15-10(18)5-1-2-6-8(3-5)19-11(14)16-6/h1-3,7,9,17H,4H2,(H2,14,16)(H,15,18). The molecular formula is C11H11F2N3O2S. The molecule has 0 fully saturated rings. The Balaban J connectivity index is 2.08. The zero-order valence-corrected chi connectivity index (χ0v) is 10.5. The van der Waals surface area contributed by atoms with Crippen molar-refractivity contribution in [1.82, 2.24) is 10.3 Å². The van der Waals surface area contributed by atoms with Crippen LogP contribution >= 0.6 is 11.3 Å². The number of thiazole rings is 1. The molecular weight excluding hydrogens is 276 g/mol. The molecule has 0 saturated carbocycles. The Bertz CT molecular complexity index is 603. The SMILES string of the molecule is Nc1nc2ccc(C(=O)NCC(O)C(F)F)cc2s1. The molecule has 1 atom stereocenters. The molecule has 0 aliphatic carbocycles. The maximum atomic E-state index is 12.1. The van der Waals surface area contributed by atoms with Crippen molar-refractivity contribution in [3.8, 4) is 0 Å². The van der Waals surface area contributed by atoms with Crippen LogP contribution in [0.25, 0.3) is 10.2 Å². The second kappa shape index (κ2) is 5.45. The van der Waals surface area contributed by atoms with E-state index in [-0.39, 0.29) is 0 Å². The smallest absolute Gasteiger partial charge is 0.265 e. The van der Waals surface area contributed by atoms with Gasteiger partial charge in [-0.1, -0.05) is 11.3 Å². The highest BCUT2D eigenvalue weighted by atomic mass is 32.1. The van der Waals surface area contributed by atoms with Gasteiger partial charge >= 0.3 is 0 Å². The highest BCUT2D eigenvalue weighted by Gasteiger charge is 2.18. The number of aliphatic hydroxyl groups is 1. The van der Waals surface area contributed by atoms with E-state index in [2.05, 4.69) is 10.3 Å². The van der Waals surface area contributed by atoms with E-state index in [0.29, 0.717) is 16.2 Å². The molecule has 5 nitrogen and oxygen atoms in total. The number of benzene rings is 1. The Labute approximate surface area is 111 Å². The molecule has 0 saturated heterocycles. The summed E-state index contributed by atoms with van der Waals surface area (Å²) in [7, 11) is 0. The number of fused-ring (bicyclic) bond motifs is 1. The van der Waals surface area contributed by atoms with E-state index in [9.17, 15) is 13.6 Å². The fourth-order valence-corrected chi connectivity index (χ4v) is 2.25. The third-order valence-corrected chi connectivity index (χ3v) is 3.28. The third kappa shape index (κ3) is 3.15. The van der Waals surface area contributed by atoms with Gasteiger partial charge < -0.3 is 16.2 Å². The summed E-state index contributed by atoms with van der Waals surface area (Å²) >= 11 is 1.23. The molecule has 1 aromatic carbocycles. The number of nitrogens with two attached hydrogens (primary N) is 1. The Morgan fingerprint density at radius 2 is 2.26 bits per heavy atom. The molecule has 0 aliphatic heterocycles. The molecule has 19 heavy (non-hydrogen) atoms. The molecule has 2 aromatic rings. The second-order valence-electron chi connectivity index (χ2n) is 3.85. The molecule has 0 aliphatic rings. The lowest BCUT2D eigenvalue weighted by Gasteiger charge is -2.10. The number of nitrogen functional groups attached to an aromatic ring is 1. The van der Waals surface area contributed by atoms with Gasteiger partial charge in [0.05, 0.1) is 10.2 Å². The van der Waals surface area contributed by atoms with Crippen molar-refractivity contribution in [2.24, 2.45) is 0 Å². The molecule has 4 N–H and O–H groups in total. The first kappa shape index (κ1) is 13.6. The van der Waals surface area contributed by atoms with Gasteiger partial charge in [-0.15, -0.1) is 0 Å². The minimum absolute atomic E-state index is 0.303. The molecule has 0 spiro atoms. The molecule has 1 unspecified atom stereocenters. The lowest BCUT2D eigenvalue weighted by Crippen LogP contribution is -2.35. The fraction of sp³-hybridized carbons (Fsp3) is 0.273. The van der Waals surface area contributed by atoms with E-state index >= 15 is 0 Å². The third-order valence-electron chi connectivity index (χ3n) is 2.43. The summed E-state index contributed by atoms with van der Waals surface area (Å²) in [5.41, 5.74) is 6.52. The summed E-state index contributed by atoms with van der Waals surface area (Å²) in [6.45, 7) is -0.501. The average Bonchev–Trinajstić information content (AvgIpc) is 2.74. The first-order valence-electron chi connectivity index (χ1n) is 5.38. The van der Waals surface area contributed by atoms with Crippen molar-refractivity contribution in [2.45, 2.75) is 12.5 Å². The van der Waals surface area contributed by atoms with E-state index in [1.165, 1.54) is 17.4 Å². The summed E-state index contributed by atoms with van der Waals surface area (Å²) in [5, 5.41) is 11.5. The zero-order valence-electron chi connectivity index (χ0n) is 9.64. The van der Waals surface area contributed by atoms with E-state index in [1.807, 2.05) is 0 Å². The quantitative estimate of drug-likeness (QED) is 0.789. The monoisotopic (exact) mass is 287 g/mol. The summed E-state index contributed by atoms with van der Waals surface area (Å²) in [5.74, 6) is -0.534. The molecule has 1 aromatic heterocycles. The van der Waals surface area contributed by atoms with E-state index < -0.39 is 25.0 Å². The largest absolute Gasteiger partial charge is 0.385 e. The number of anilines is 1. The van der Waals surface area contributed by atoms with Crippen LogP contribution in [-0.4, -0.2) is 35.1 Å². The molecule has 0 radical (unpaired) electrons. The normalized spacial score (nSPS) is 12.8. The number of halogens is 2. The van der Waals surface area contributed by atoms with Crippen LogP contribution in [0.15, 0.2) is 18.2 Å². The van der Waals surface area contributed by atoms with Crippen LogP contribution in [0.3, 0.4) is 0 Å². The lowest BCUT2D eigenvalue weighted by molar-refractivity contribution is -0.00270. The topological polar surface area (TPSA) is 88.2 Å². The van der Waals surface area contributed by atoms with Gasteiger partial charge in [-0.25, -0.2) is 13.8 Å². The first-order chi connectivity index (χ1) is 8.97. The molecule has 1 heterocycles. The fourth-order valence-electron chi connectivity index (χ4n) is 1.47. The Hall–Kier alpha value is -1.80. The number of nitrogens with one attached hydrogen (secondary N) is 1. The number of hydrogen-bond acceptors (Lipinski definition) is 5. The summed E-state index contributed by atoms with van der Waals surface area (Å²) < 4.78 is 24.9. The van der Waals surface area contributed by atoms with Crippen molar-refractivity contribution in [2.75, 3.05) is 12.3 Å². The highest BCUT2D eigenvalue weighted by Crippen LogP contribution is 2.24. The molecule has 0 bridgehead atoms. The summed E-state index contributed by atoms with van der Waals surface area (Å²) in [6, 6.07) is 4.72. The number of hydrogen-bond donors (Lipinski definition) is 3. The van der Waals surface area contributed by atoms with E-state index in [1.54, 1.807) is 12.1 Å². The maximum absolute atomic E-state index is 12.1. The number of aliphatic hydroxyl groups excluding tert-OH is 1. The van der Waals surface area contributed by atoms with Gasteiger partial charge in [0.2, 0.25) is 0 Å². The highest BCUT2D eigenvalue weighted by molar-refractivity contribution is 7.22. The van der Waals surface area contributed by atoms with Gasteiger partial charge in [-0.05, 0) is 18.2 Å². The van der Waals surface area contributed by atoms with E-state index in [0.717, 1.165) is 4.70 Å². The number of aromatic nitrogens is 1. The van der Waals surface area contributed by atoms with Gasteiger partial charge in [0, 0.05) is 12.1 Å². The van der Waals surface area contributed by atoms with Crippen LogP contribution in [0.4, 0.5) is 13.9 Å². The van der Waals surface area contributed by atoms with Gasteiger partial charge in [0.1, 0.15) is 6.10 Å². The number of carbonyl (C=O) groups excluding carboxylic acids is 1. The molecule has 1 amide bonds. The van der Waals surface area contributed by atoms with Crippen molar-refractivity contribution < 1.29 is 18.7 Å².